The summed E-state index contributed by atoms with van der Waals surface area (Å²) in [4.78, 5) is 87.3. The third-order valence-electron chi connectivity index (χ3n) is 15.9. The van der Waals surface area contributed by atoms with E-state index in [4.69, 9.17) is 45.3 Å². The van der Waals surface area contributed by atoms with Gasteiger partial charge in [-0.05, 0) is 111 Å². The molecule has 5 fully saturated rings. The van der Waals surface area contributed by atoms with Crippen LogP contribution in [0.15, 0.2) is 116 Å². The maximum Gasteiger partial charge on any atom is 0.341 e. The van der Waals surface area contributed by atoms with Crippen molar-refractivity contribution in [2.45, 2.75) is 56.7 Å². The van der Waals surface area contributed by atoms with Crippen molar-refractivity contribution in [1.29, 1.82) is 0 Å². The van der Waals surface area contributed by atoms with Crippen molar-refractivity contribution in [1.82, 2.24) is 59.3 Å². The number of ether oxygens (including phenoxy) is 2. The second-order valence-electron chi connectivity index (χ2n) is 21.0. The van der Waals surface area contributed by atoms with Crippen LogP contribution in [0.4, 0.5) is 32.6 Å². The number of benzene rings is 3. The van der Waals surface area contributed by atoms with Crippen LogP contribution in [0, 0.1) is 0 Å². The lowest BCUT2D eigenvalue weighted by molar-refractivity contribution is 0.0684. The molecule has 81 heavy (non-hydrogen) atoms. The van der Waals surface area contributed by atoms with E-state index in [1.54, 1.807) is 48.8 Å². The van der Waals surface area contributed by atoms with E-state index in [1.165, 1.54) is 10.0 Å². The van der Waals surface area contributed by atoms with Crippen LogP contribution in [-0.2, 0) is 9.47 Å². The number of nitrogens with two attached hydrogens (primary N) is 1. The Labute approximate surface area is 466 Å². The number of hydrogen-bond acceptors (Lipinski definition) is 15. The Hall–Kier alpha value is -9.09. The van der Waals surface area contributed by atoms with Gasteiger partial charge in [0.05, 0.1) is 79.0 Å². The lowest BCUT2D eigenvalue weighted by atomic mass is 10.0. The topological polar surface area (TPSA) is 244 Å². The van der Waals surface area contributed by atoms with Crippen molar-refractivity contribution in [2.75, 3.05) is 98.9 Å². The number of fused-ring (bicyclic) bond motifs is 2. The molecule has 0 bridgehead atoms. The first-order valence-corrected chi connectivity index (χ1v) is 27.8. The lowest BCUT2D eigenvalue weighted by Crippen LogP contribution is -2.54. The van der Waals surface area contributed by atoms with Gasteiger partial charge in [0.1, 0.15) is 11.6 Å². The Kier molecular flexibility index (Phi) is 14.1. The lowest BCUT2D eigenvalue weighted by Gasteiger charge is -2.33. The van der Waals surface area contributed by atoms with Crippen LogP contribution in [0.5, 0.6) is 0 Å². The van der Waals surface area contributed by atoms with Crippen LogP contribution in [0.3, 0.4) is 0 Å². The van der Waals surface area contributed by atoms with Gasteiger partial charge in [0.25, 0.3) is 11.8 Å². The Morgan fingerprint density at radius 1 is 0.543 bits per heavy atom. The SMILES string of the molecule is NC(=O)N(c1ccc(-c2nc(N3CCOCC3)c3cnn(C4CCN(C(=O)c5ccccc5)CC4)c3n2)cc1)N(C(=O)Nc1ccc(-c2nc(N3CCOCC3)c3cnn(C4CCN(C(=O)c5cccnc5)CC4)c3n2)cc1)C1CC1. The average Bonchev–Trinajstić information content (AvgIpc) is 4.21. The number of piperidine rings is 2. The minimum atomic E-state index is -0.820. The highest BCUT2D eigenvalue weighted by atomic mass is 16.5. The number of carbonyl (C=O) groups is 4. The number of carbonyl (C=O) groups excluding carboxylic acids is 4. The first-order valence-electron chi connectivity index (χ1n) is 27.8. The molecule has 23 nitrogen and oxygen atoms in total. The number of aromatic nitrogens is 9. The second kappa shape index (κ2) is 22.2. The first-order chi connectivity index (χ1) is 39.7. The van der Waals surface area contributed by atoms with E-state index in [2.05, 4.69) is 20.1 Å². The second-order valence-corrected chi connectivity index (χ2v) is 21.0. The molecule has 0 radical (unpaired) electrons. The average molecular weight is 1090 g/mol. The van der Waals surface area contributed by atoms with Gasteiger partial charge in [-0.25, -0.2) is 43.9 Å². The number of rotatable bonds is 11. The fraction of sp³-hybridized carbons (Fsp3) is 0.362. The smallest absolute Gasteiger partial charge is 0.341 e. The summed E-state index contributed by atoms with van der Waals surface area (Å²) in [5, 5.41) is 17.1. The van der Waals surface area contributed by atoms with Crippen LogP contribution in [0.25, 0.3) is 44.8 Å². The highest BCUT2D eigenvalue weighted by Crippen LogP contribution is 2.37. The third-order valence-corrected chi connectivity index (χ3v) is 15.9. The zero-order valence-corrected chi connectivity index (χ0v) is 44.7. The number of morpholine rings is 2. The minimum absolute atomic E-state index is 0.0145. The highest BCUT2D eigenvalue weighted by Gasteiger charge is 2.40. The van der Waals surface area contributed by atoms with Crippen molar-refractivity contribution >= 4 is 69.0 Å². The van der Waals surface area contributed by atoms with Gasteiger partial charge < -0.3 is 40.1 Å². The maximum atomic E-state index is 14.4. The summed E-state index contributed by atoms with van der Waals surface area (Å²) in [5.74, 6) is 2.49. The van der Waals surface area contributed by atoms with Crippen molar-refractivity contribution in [3.8, 4) is 22.8 Å². The number of likely N-dealkylation sites (tertiary alicyclic amines) is 2. The van der Waals surface area contributed by atoms with E-state index >= 15 is 0 Å². The number of nitrogens with one attached hydrogen (secondary N) is 1. The summed E-state index contributed by atoms with van der Waals surface area (Å²) in [6.45, 7) is 7.24. The van der Waals surface area contributed by atoms with E-state index in [0.29, 0.717) is 168 Å². The molecule has 0 atom stereocenters. The number of hydrazine groups is 1. The molecule has 0 unspecified atom stereocenters. The molecule has 5 aromatic heterocycles. The predicted octanol–water partition coefficient (Wildman–Crippen LogP) is 6.82. The fourth-order valence-electron chi connectivity index (χ4n) is 11.4. The van der Waals surface area contributed by atoms with Gasteiger partial charge in [-0.2, -0.15) is 15.2 Å². The molecule has 9 heterocycles. The largest absolute Gasteiger partial charge is 0.378 e. The van der Waals surface area contributed by atoms with Crippen molar-refractivity contribution in [3.05, 3.63) is 127 Å². The summed E-state index contributed by atoms with van der Waals surface area (Å²) in [6, 6.07) is 25.8. The summed E-state index contributed by atoms with van der Waals surface area (Å²) >= 11 is 0. The molecule has 0 spiro atoms. The molecule has 8 aromatic rings. The van der Waals surface area contributed by atoms with Crippen LogP contribution >= 0.6 is 0 Å². The summed E-state index contributed by atoms with van der Waals surface area (Å²) < 4.78 is 15.4. The molecular formula is C58H61N17O6. The molecule has 5 aliphatic rings. The number of anilines is 4. The monoisotopic (exact) mass is 1090 g/mol. The Morgan fingerprint density at radius 2 is 1.04 bits per heavy atom. The maximum absolute atomic E-state index is 14.4. The van der Waals surface area contributed by atoms with Crippen molar-refractivity contribution in [3.63, 3.8) is 0 Å². The predicted molar refractivity (Wildman–Crippen MR) is 303 cm³/mol. The molecule has 1 saturated carbocycles. The van der Waals surface area contributed by atoms with Crippen LogP contribution in [0.1, 0.15) is 71.3 Å². The fourth-order valence-corrected chi connectivity index (χ4v) is 11.4. The van der Waals surface area contributed by atoms with Gasteiger partial charge in [-0.3, -0.25) is 14.6 Å². The molecule has 4 saturated heterocycles. The quantitative estimate of drug-likeness (QED) is 0.126. The van der Waals surface area contributed by atoms with Crippen LogP contribution in [0.2, 0.25) is 0 Å². The summed E-state index contributed by atoms with van der Waals surface area (Å²) in [5.41, 5.74) is 11.1. The van der Waals surface area contributed by atoms with E-state index in [1.807, 2.05) is 86.2 Å². The molecule has 1 aliphatic carbocycles. The number of amides is 6. The Balaban J connectivity index is 0.732. The molecular weight excluding hydrogens is 1030 g/mol. The van der Waals surface area contributed by atoms with Gasteiger partial charge in [-0.15, -0.1) is 0 Å². The van der Waals surface area contributed by atoms with Crippen LogP contribution < -0.4 is 25.9 Å². The normalized spacial score (nSPS) is 17.4. The number of urea groups is 2. The number of nitrogens with zero attached hydrogens (tertiary/aromatic N) is 15. The third kappa shape index (κ3) is 10.4. The Morgan fingerprint density at radius 3 is 1.52 bits per heavy atom. The summed E-state index contributed by atoms with van der Waals surface area (Å²) in [7, 11) is 0. The number of primary amides is 1. The number of pyridine rings is 1. The molecule has 23 heteroatoms. The standard InChI is InChI=1S/C58H61N17O6/c59-57(78)74(45-14-10-39(11-15-45)50-65-52(69-29-33-81-34-30-69)48-37-61-72(54(48)67-50)43-18-23-70(24-19-43)55(76)40-5-2-1-3-6-40)75(46-16-17-46)58(79)63-42-12-8-38(9-13-42)49-64-51(68-27-31-80-32-28-68)47-36-62-73(53(47)66-49)44-20-25-71(26-21-44)56(77)41-7-4-22-60-35-41/h1-15,22,35-37,43-44,46H,16-21,23-34H2,(H2,59,78)(H,63,79). The van der Waals surface area contributed by atoms with Gasteiger partial charge >= 0.3 is 12.1 Å². The zero-order valence-electron chi connectivity index (χ0n) is 44.7. The Bertz CT molecular complexity index is 3590. The highest BCUT2D eigenvalue weighted by molar-refractivity contribution is 5.99. The first kappa shape index (κ1) is 51.4. The van der Waals surface area contributed by atoms with Gasteiger partial charge in [0, 0.05) is 87.1 Å². The molecule has 6 amide bonds. The van der Waals surface area contributed by atoms with Gasteiger partial charge in [0.2, 0.25) is 0 Å². The molecule has 3 N–H and O–H groups in total. The van der Waals surface area contributed by atoms with E-state index < -0.39 is 12.1 Å². The molecule has 414 valence electrons. The van der Waals surface area contributed by atoms with Gasteiger partial charge in [-0.1, -0.05) is 18.2 Å². The van der Waals surface area contributed by atoms with E-state index in [0.717, 1.165) is 28.0 Å². The zero-order chi connectivity index (χ0) is 55.0. The summed E-state index contributed by atoms with van der Waals surface area (Å²) in [6.07, 6.45) is 11.2. The van der Waals surface area contributed by atoms with Gasteiger partial charge in [0.15, 0.2) is 22.9 Å². The van der Waals surface area contributed by atoms with E-state index in [9.17, 15) is 19.2 Å². The van der Waals surface area contributed by atoms with E-state index in [-0.39, 0.29) is 29.9 Å². The van der Waals surface area contributed by atoms with Crippen LogP contribution in [-0.4, -0.2) is 168 Å². The molecule has 4 aliphatic heterocycles. The molecule has 3 aromatic carbocycles. The number of hydrogen-bond donors (Lipinski definition) is 2. The van der Waals surface area contributed by atoms with Crippen molar-refractivity contribution in [2.24, 2.45) is 5.73 Å². The minimum Gasteiger partial charge on any atom is -0.378 e. The molecule has 13 rings (SSSR count). The van der Waals surface area contributed by atoms with Crippen molar-refractivity contribution < 1.29 is 28.7 Å².